The molecule has 0 unspecified atom stereocenters. The smallest absolute Gasteiger partial charge is 0.132 e. The molecule has 3 aromatic carbocycles. The number of halogens is 2. The number of aromatic nitrogens is 2. The second kappa shape index (κ2) is 9.65. The third kappa shape index (κ3) is 4.45. The highest BCUT2D eigenvalue weighted by Gasteiger charge is 2.20. The van der Waals surface area contributed by atoms with E-state index in [1.165, 1.54) is 0 Å². The molecule has 0 aliphatic heterocycles. The van der Waals surface area contributed by atoms with Crippen LogP contribution in [0.3, 0.4) is 0 Å². The Hall–Kier alpha value is -3.35. The largest absolute Gasteiger partial charge is 0.497 e. The van der Waals surface area contributed by atoms with Crippen molar-refractivity contribution in [2.24, 2.45) is 0 Å². The SMILES string of the molecule is COc1ccc(-c2cc(-c3ccc(OC)cc3OC)n(-c3ccc(Cl)c(Cl)c3)n2)c(OC)c1. The lowest BCUT2D eigenvalue weighted by molar-refractivity contribution is 0.395. The second-order valence-corrected chi connectivity index (χ2v) is 7.87. The average Bonchev–Trinajstić information content (AvgIpc) is 3.29. The van der Waals surface area contributed by atoms with Gasteiger partial charge in [0.1, 0.15) is 23.0 Å². The van der Waals surface area contributed by atoms with E-state index >= 15 is 0 Å². The van der Waals surface area contributed by atoms with Gasteiger partial charge in [-0.15, -0.1) is 0 Å². The molecular weight excluding hydrogens is 463 g/mol. The first-order valence-corrected chi connectivity index (χ1v) is 10.7. The van der Waals surface area contributed by atoms with Crippen molar-refractivity contribution in [3.05, 3.63) is 70.7 Å². The third-order valence-electron chi connectivity index (χ3n) is 5.23. The molecule has 0 radical (unpaired) electrons. The highest BCUT2D eigenvalue weighted by Crippen LogP contribution is 2.39. The van der Waals surface area contributed by atoms with Gasteiger partial charge in [-0.05, 0) is 48.5 Å². The Balaban J connectivity index is 1.96. The van der Waals surface area contributed by atoms with Crippen molar-refractivity contribution in [1.82, 2.24) is 9.78 Å². The molecule has 0 aliphatic carbocycles. The first kappa shape index (κ1) is 22.8. The van der Waals surface area contributed by atoms with E-state index in [-0.39, 0.29) is 0 Å². The third-order valence-corrected chi connectivity index (χ3v) is 5.97. The topological polar surface area (TPSA) is 54.7 Å². The minimum Gasteiger partial charge on any atom is -0.497 e. The molecule has 0 atom stereocenters. The quantitative estimate of drug-likeness (QED) is 0.297. The fourth-order valence-electron chi connectivity index (χ4n) is 3.54. The Kier molecular flexibility index (Phi) is 6.67. The van der Waals surface area contributed by atoms with Crippen LogP contribution in [0.1, 0.15) is 0 Å². The van der Waals surface area contributed by atoms with Crippen LogP contribution >= 0.6 is 23.2 Å². The van der Waals surface area contributed by atoms with Gasteiger partial charge < -0.3 is 18.9 Å². The zero-order chi connectivity index (χ0) is 23.5. The molecule has 6 nitrogen and oxygen atoms in total. The van der Waals surface area contributed by atoms with Crippen molar-refractivity contribution >= 4 is 23.2 Å². The van der Waals surface area contributed by atoms with Crippen molar-refractivity contribution in [1.29, 1.82) is 0 Å². The molecular formula is C25H22Cl2N2O4. The number of benzene rings is 3. The monoisotopic (exact) mass is 484 g/mol. The lowest BCUT2D eigenvalue weighted by Crippen LogP contribution is -2.01. The van der Waals surface area contributed by atoms with Crippen molar-refractivity contribution in [3.63, 3.8) is 0 Å². The summed E-state index contributed by atoms with van der Waals surface area (Å²) in [4.78, 5) is 0. The minimum atomic E-state index is 0.431. The van der Waals surface area contributed by atoms with Gasteiger partial charge in [-0.3, -0.25) is 0 Å². The Morgan fingerprint density at radius 3 is 1.82 bits per heavy atom. The van der Waals surface area contributed by atoms with Crippen LogP contribution in [0.15, 0.2) is 60.7 Å². The van der Waals surface area contributed by atoms with Gasteiger partial charge in [0.25, 0.3) is 0 Å². The summed E-state index contributed by atoms with van der Waals surface area (Å²) in [7, 11) is 6.46. The predicted octanol–water partition coefficient (Wildman–Crippen LogP) is 6.55. The summed E-state index contributed by atoms with van der Waals surface area (Å²) in [6.45, 7) is 0. The molecule has 1 heterocycles. The van der Waals surface area contributed by atoms with Gasteiger partial charge in [-0.1, -0.05) is 23.2 Å². The summed E-state index contributed by atoms with van der Waals surface area (Å²) in [5.74, 6) is 2.66. The predicted molar refractivity (Wildman–Crippen MR) is 131 cm³/mol. The van der Waals surface area contributed by atoms with Crippen LogP contribution in [0.25, 0.3) is 28.2 Å². The summed E-state index contributed by atoms with van der Waals surface area (Å²) in [5.41, 5.74) is 3.88. The highest BCUT2D eigenvalue weighted by molar-refractivity contribution is 6.42. The summed E-state index contributed by atoms with van der Waals surface area (Å²) in [5, 5.41) is 5.78. The van der Waals surface area contributed by atoms with Crippen LogP contribution in [0.4, 0.5) is 0 Å². The van der Waals surface area contributed by atoms with Crippen molar-refractivity contribution in [2.45, 2.75) is 0 Å². The van der Waals surface area contributed by atoms with Gasteiger partial charge in [-0.25, -0.2) is 4.68 Å². The van der Waals surface area contributed by atoms with Gasteiger partial charge in [0.15, 0.2) is 0 Å². The van der Waals surface area contributed by atoms with E-state index in [1.807, 2.05) is 48.5 Å². The second-order valence-electron chi connectivity index (χ2n) is 7.06. The Bertz CT molecular complexity index is 1300. The van der Waals surface area contributed by atoms with E-state index in [4.69, 9.17) is 47.2 Å². The molecule has 0 N–H and O–H groups in total. The van der Waals surface area contributed by atoms with Crippen LogP contribution in [0, 0.1) is 0 Å². The van der Waals surface area contributed by atoms with E-state index < -0.39 is 0 Å². The molecule has 33 heavy (non-hydrogen) atoms. The lowest BCUT2D eigenvalue weighted by atomic mass is 10.1. The molecule has 0 saturated carbocycles. The van der Waals surface area contributed by atoms with Crippen LogP contribution in [-0.2, 0) is 0 Å². The molecule has 4 rings (SSSR count). The molecule has 8 heteroatoms. The maximum Gasteiger partial charge on any atom is 0.132 e. The normalized spacial score (nSPS) is 10.7. The maximum atomic E-state index is 6.32. The van der Waals surface area contributed by atoms with Gasteiger partial charge >= 0.3 is 0 Å². The zero-order valence-corrected chi connectivity index (χ0v) is 20.1. The molecule has 0 saturated heterocycles. The molecule has 1 aromatic heterocycles. The molecule has 0 bridgehead atoms. The molecule has 0 aliphatic rings. The number of hydrogen-bond acceptors (Lipinski definition) is 5. The number of hydrogen-bond donors (Lipinski definition) is 0. The fraction of sp³-hybridized carbons (Fsp3) is 0.160. The first-order chi connectivity index (χ1) is 16.0. The Morgan fingerprint density at radius 1 is 0.636 bits per heavy atom. The van der Waals surface area contributed by atoms with E-state index in [2.05, 4.69) is 0 Å². The first-order valence-electron chi connectivity index (χ1n) is 9.99. The van der Waals surface area contributed by atoms with Gasteiger partial charge in [0, 0.05) is 23.3 Å². The zero-order valence-electron chi connectivity index (χ0n) is 18.6. The molecule has 0 amide bonds. The Morgan fingerprint density at radius 2 is 1.24 bits per heavy atom. The maximum absolute atomic E-state index is 6.32. The minimum absolute atomic E-state index is 0.431. The number of nitrogens with zero attached hydrogens (tertiary/aromatic N) is 2. The molecule has 0 spiro atoms. The lowest BCUT2D eigenvalue weighted by Gasteiger charge is -2.13. The van der Waals surface area contributed by atoms with Crippen LogP contribution in [-0.4, -0.2) is 38.2 Å². The van der Waals surface area contributed by atoms with Crippen LogP contribution < -0.4 is 18.9 Å². The van der Waals surface area contributed by atoms with Crippen molar-refractivity contribution in [3.8, 4) is 51.2 Å². The van der Waals surface area contributed by atoms with E-state index in [1.54, 1.807) is 45.3 Å². The standard InChI is InChI=1S/C25H22Cl2N2O4/c1-30-16-6-8-18(24(12-16)32-3)22-14-23(19-9-7-17(31-2)13-25(19)33-4)29(28-22)15-5-10-20(26)21(27)11-15/h5-14H,1-4H3. The van der Waals surface area contributed by atoms with Crippen LogP contribution in [0.2, 0.25) is 10.0 Å². The van der Waals surface area contributed by atoms with Crippen LogP contribution in [0.5, 0.6) is 23.0 Å². The van der Waals surface area contributed by atoms with E-state index in [0.29, 0.717) is 38.7 Å². The summed E-state index contributed by atoms with van der Waals surface area (Å²) in [6.07, 6.45) is 0. The molecule has 0 fully saturated rings. The number of rotatable bonds is 7. The number of methoxy groups -OCH3 is 4. The summed E-state index contributed by atoms with van der Waals surface area (Å²) < 4.78 is 23.7. The van der Waals surface area contributed by atoms with E-state index in [9.17, 15) is 0 Å². The Labute approximate surface area is 202 Å². The molecule has 4 aromatic rings. The highest BCUT2D eigenvalue weighted by atomic mass is 35.5. The van der Waals surface area contributed by atoms with Crippen molar-refractivity contribution < 1.29 is 18.9 Å². The van der Waals surface area contributed by atoms with Gasteiger partial charge in [0.2, 0.25) is 0 Å². The summed E-state index contributed by atoms with van der Waals surface area (Å²) >= 11 is 12.5. The fourth-order valence-corrected chi connectivity index (χ4v) is 3.83. The number of ether oxygens (including phenoxy) is 4. The van der Waals surface area contributed by atoms with Gasteiger partial charge in [0.05, 0.1) is 55.6 Å². The molecule has 170 valence electrons. The van der Waals surface area contributed by atoms with Crippen molar-refractivity contribution in [2.75, 3.05) is 28.4 Å². The summed E-state index contributed by atoms with van der Waals surface area (Å²) in [6, 6.07) is 18.6. The average molecular weight is 485 g/mol. The van der Waals surface area contributed by atoms with E-state index in [0.717, 1.165) is 22.5 Å². The van der Waals surface area contributed by atoms with Gasteiger partial charge in [-0.2, -0.15) is 5.10 Å².